The van der Waals surface area contributed by atoms with E-state index in [1.165, 1.54) is 0 Å². The van der Waals surface area contributed by atoms with E-state index in [4.69, 9.17) is 10.8 Å². The summed E-state index contributed by atoms with van der Waals surface area (Å²) in [7, 11) is -3.44. The molecule has 0 amide bonds. The number of hydrogen-bond acceptors (Lipinski definition) is 5. The van der Waals surface area contributed by atoms with E-state index in [-0.39, 0.29) is 13.2 Å². The third-order valence-corrected chi connectivity index (χ3v) is 1.31. The van der Waals surface area contributed by atoms with Gasteiger partial charge in [0.05, 0.1) is 19.0 Å². The van der Waals surface area contributed by atoms with Crippen LogP contribution in [-0.2, 0) is 14.3 Å². The lowest BCUT2D eigenvalue weighted by atomic mass is 10.4. The summed E-state index contributed by atoms with van der Waals surface area (Å²) in [4.78, 5) is 0. The molecule has 0 bridgehead atoms. The molecule has 0 aromatic heterocycles. The van der Waals surface area contributed by atoms with Gasteiger partial charge < -0.3 is 10.8 Å². The van der Waals surface area contributed by atoms with Crippen molar-refractivity contribution in [2.24, 2.45) is 5.73 Å². The fourth-order valence-corrected chi connectivity index (χ4v) is 0.674. The summed E-state index contributed by atoms with van der Waals surface area (Å²) < 4.78 is 24.8. The average molecular weight is 169 g/mol. The van der Waals surface area contributed by atoms with E-state index in [1.807, 2.05) is 0 Å². The second kappa shape index (κ2) is 3.87. The first kappa shape index (κ1) is 9.83. The second-order valence-corrected chi connectivity index (χ2v) is 3.52. The standard InChI is InChI=1S/C4H11NO4S/c1-10(7,8)9-3-4(6)2-5/h4,6H,2-3,5H2,1H3. The maximum Gasteiger partial charge on any atom is 0.264 e. The molecular formula is C4H11NO4S. The zero-order valence-electron chi connectivity index (χ0n) is 5.65. The molecule has 1 atom stereocenters. The molecule has 1 unspecified atom stereocenters. The molecule has 0 aliphatic heterocycles. The predicted octanol–water partition coefficient (Wildman–Crippen LogP) is -1.72. The molecular weight excluding hydrogens is 158 g/mol. The minimum Gasteiger partial charge on any atom is -0.389 e. The first-order valence-corrected chi connectivity index (χ1v) is 4.50. The van der Waals surface area contributed by atoms with Crippen molar-refractivity contribution in [1.29, 1.82) is 0 Å². The van der Waals surface area contributed by atoms with Crippen LogP contribution in [0.25, 0.3) is 0 Å². The normalized spacial score (nSPS) is 15.1. The molecule has 0 spiro atoms. The van der Waals surface area contributed by atoms with E-state index in [2.05, 4.69) is 4.18 Å². The Balaban J connectivity index is 3.56. The van der Waals surface area contributed by atoms with Crippen molar-refractivity contribution in [1.82, 2.24) is 0 Å². The summed E-state index contributed by atoms with van der Waals surface area (Å²) in [6, 6.07) is 0. The van der Waals surface area contributed by atoms with Gasteiger partial charge in [0.1, 0.15) is 0 Å². The number of aliphatic hydroxyl groups is 1. The fraction of sp³-hybridized carbons (Fsp3) is 1.00. The van der Waals surface area contributed by atoms with Gasteiger partial charge in [0, 0.05) is 6.54 Å². The van der Waals surface area contributed by atoms with Crippen molar-refractivity contribution in [3.05, 3.63) is 0 Å². The van der Waals surface area contributed by atoms with Gasteiger partial charge in [-0.15, -0.1) is 0 Å². The zero-order valence-corrected chi connectivity index (χ0v) is 6.47. The minimum atomic E-state index is -3.44. The van der Waals surface area contributed by atoms with Crippen LogP contribution in [-0.4, -0.2) is 39.0 Å². The van der Waals surface area contributed by atoms with E-state index < -0.39 is 16.2 Å². The maximum absolute atomic E-state index is 10.3. The molecule has 0 fully saturated rings. The van der Waals surface area contributed by atoms with E-state index in [1.54, 1.807) is 0 Å². The van der Waals surface area contributed by atoms with Gasteiger partial charge in [0.2, 0.25) is 0 Å². The maximum atomic E-state index is 10.3. The van der Waals surface area contributed by atoms with E-state index in [0.29, 0.717) is 0 Å². The zero-order chi connectivity index (χ0) is 8.20. The van der Waals surface area contributed by atoms with Crippen molar-refractivity contribution < 1.29 is 17.7 Å². The van der Waals surface area contributed by atoms with Crippen molar-refractivity contribution in [2.45, 2.75) is 6.10 Å². The molecule has 0 radical (unpaired) electrons. The third-order valence-electron chi connectivity index (χ3n) is 0.747. The van der Waals surface area contributed by atoms with Crippen LogP contribution in [0.2, 0.25) is 0 Å². The molecule has 5 nitrogen and oxygen atoms in total. The molecule has 0 saturated heterocycles. The molecule has 0 rings (SSSR count). The lowest BCUT2D eigenvalue weighted by molar-refractivity contribution is 0.118. The van der Waals surface area contributed by atoms with Crippen LogP contribution in [0.4, 0.5) is 0 Å². The van der Waals surface area contributed by atoms with Crippen LogP contribution in [0.5, 0.6) is 0 Å². The molecule has 6 heteroatoms. The molecule has 0 aliphatic rings. The van der Waals surface area contributed by atoms with Crippen molar-refractivity contribution in [2.75, 3.05) is 19.4 Å². The Bertz CT molecular complexity index is 176. The summed E-state index contributed by atoms with van der Waals surface area (Å²) in [6.07, 6.45) is 0.00527. The second-order valence-electron chi connectivity index (χ2n) is 1.88. The summed E-state index contributed by atoms with van der Waals surface area (Å²) in [5.74, 6) is 0. The van der Waals surface area contributed by atoms with Crippen LogP contribution in [0.15, 0.2) is 0 Å². The van der Waals surface area contributed by atoms with E-state index in [0.717, 1.165) is 6.26 Å². The van der Waals surface area contributed by atoms with Crippen LogP contribution in [0, 0.1) is 0 Å². The molecule has 0 aliphatic carbocycles. The average Bonchev–Trinajstić information content (AvgIpc) is 1.81. The Morgan fingerprint density at radius 2 is 2.20 bits per heavy atom. The van der Waals surface area contributed by atoms with Crippen molar-refractivity contribution in [3.63, 3.8) is 0 Å². The van der Waals surface area contributed by atoms with Gasteiger partial charge >= 0.3 is 0 Å². The first-order valence-electron chi connectivity index (χ1n) is 2.68. The highest BCUT2D eigenvalue weighted by atomic mass is 32.2. The van der Waals surface area contributed by atoms with Crippen LogP contribution >= 0.6 is 0 Å². The topological polar surface area (TPSA) is 89.6 Å². The van der Waals surface area contributed by atoms with Crippen molar-refractivity contribution >= 4 is 10.1 Å². The summed E-state index contributed by atoms with van der Waals surface area (Å²) in [5.41, 5.74) is 4.98. The van der Waals surface area contributed by atoms with Crippen molar-refractivity contribution in [3.8, 4) is 0 Å². The van der Waals surface area contributed by atoms with E-state index in [9.17, 15) is 8.42 Å². The molecule has 62 valence electrons. The van der Waals surface area contributed by atoms with Gasteiger partial charge in [0.25, 0.3) is 10.1 Å². The van der Waals surface area contributed by atoms with Gasteiger partial charge in [-0.1, -0.05) is 0 Å². The molecule has 0 saturated carbocycles. The summed E-state index contributed by atoms with van der Waals surface area (Å²) in [5, 5.41) is 8.71. The number of aliphatic hydroxyl groups excluding tert-OH is 1. The molecule has 0 aromatic rings. The SMILES string of the molecule is CS(=O)(=O)OCC(O)CN. The molecule has 3 N–H and O–H groups in total. The van der Waals surface area contributed by atoms with Gasteiger partial charge in [-0.25, -0.2) is 0 Å². The van der Waals surface area contributed by atoms with E-state index >= 15 is 0 Å². The van der Waals surface area contributed by atoms with Gasteiger partial charge in [-0.05, 0) is 0 Å². The third kappa shape index (κ3) is 5.96. The number of rotatable bonds is 4. The fourth-order valence-electron chi connectivity index (χ4n) is 0.270. The van der Waals surface area contributed by atoms with Gasteiger partial charge in [-0.2, -0.15) is 8.42 Å². The smallest absolute Gasteiger partial charge is 0.264 e. The number of nitrogens with two attached hydrogens (primary N) is 1. The van der Waals surface area contributed by atoms with Gasteiger partial charge in [-0.3, -0.25) is 4.18 Å². The first-order chi connectivity index (χ1) is 4.45. The minimum absolute atomic E-state index is 0.00444. The summed E-state index contributed by atoms with van der Waals surface area (Å²) in [6.45, 7) is -0.273. The highest BCUT2D eigenvalue weighted by molar-refractivity contribution is 7.85. The Kier molecular flexibility index (Phi) is 3.80. The largest absolute Gasteiger partial charge is 0.389 e. The van der Waals surface area contributed by atoms with Crippen LogP contribution in [0.3, 0.4) is 0 Å². The molecule has 10 heavy (non-hydrogen) atoms. The predicted molar refractivity (Wildman–Crippen MR) is 35.9 cm³/mol. The lowest BCUT2D eigenvalue weighted by Gasteiger charge is -2.05. The lowest BCUT2D eigenvalue weighted by Crippen LogP contribution is -2.26. The monoisotopic (exact) mass is 169 g/mol. The van der Waals surface area contributed by atoms with Gasteiger partial charge in [0.15, 0.2) is 0 Å². The number of hydrogen-bond donors (Lipinski definition) is 2. The van der Waals surface area contributed by atoms with Crippen LogP contribution in [0.1, 0.15) is 0 Å². The Labute approximate surface area is 59.9 Å². The Morgan fingerprint density at radius 3 is 2.50 bits per heavy atom. The highest BCUT2D eigenvalue weighted by Crippen LogP contribution is 1.88. The Morgan fingerprint density at radius 1 is 1.70 bits per heavy atom. The van der Waals surface area contributed by atoms with Crippen LogP contribution < -0.4 is 5.73 Å². The Hall–Kier alpha value is -0.170. The molecule has 0 heterocycles. The quantitative estimate of drug-likeness (QED) is 0.489. The highest BCUT2D eigenvalue weighted by Gasteiger charge is 2.06. The molecule has 0 aromatic carbocycles. The summed E-state index contributed by atoms with van der Waals surface area (Å²) >= 11 is 0.